The number of rotatable bonds is 54. The number of esters is 1. The number of ether oxygens (including phenoxy) is 2. The normalized spacial score (nSPS) is 13.7. The van der Waals surface area contributed by atoms with E-state index in [1.807, 2.05) is 21.1 Å². The largest absolute Gasteiger partial charge is 0.472 e. The van der Waals surface area contributed by atoms with Crippen molar-refractivity contribution >= 4 is 13.8 Å². The molecule has 396 valence electrons. The number of carbonyl (C=O) groups excluding carboxylic acids is 1. The average Bonchev–Trinajstić information content (AvgIpc) is 3.29. The average molecular weight is 968 g/mol. The molecule has 0 spiro atoms. The predicted molar refractivity (Wildman–Crippen MR) is 289 cm³/mol. The molecule has 0 aromatic rings. The van der Waals surface area contributed by atoms with Crippen LogP contribution in [0.15, 0.2) is 36.5 Å². The van der Waals surface area contributed by atoms with Gasteiger partial charge in [-0.3, -0.25) is 13.8 Å². The van der Waals surface area contributed by atoms with Gasteiger partial charge in [0.15, 0.2) is 0 Å². The maximum absolute atomic E-state index is 12.8. The molecule has 0 amide bonds. The van der Waals surface area contributed by atoms with Gasteiger partial charge in [0.05, 0.1) is 34.4 Å². The van der Waals surface area contributed by atoms with Crippen molar-refractivity contribution in [1.82, 2.24) is 0 Å². The van der Waals surface area contributed by atoms with Gasteiger partial charge in [0, 0.05) is 13.0 Å². The highest BCUT2D eigenvalue weighted by molar-refractivity contribution is 7.47. The molecule has 0 heterocycles. The molecule has 0 rings (SSSR count). The number of hydrogen-bond acceptors (Lipinski definition) is 6. The lowest BCUT2D eigenvalue weighted by atomic mass is 10.0. The smallest absolute Gasteiger partial charge is 0.457 e. The Kier molecular flexibility index (Phi) is 50.1. The Labute approximate surface area is 416 Å². The van der Waals surface area contributed by atoms with Crippen LogP contribution in [0.4, 0.5) is 0 Å². The van der Waals surface area contributed by atoms with Crippen LogP contribution in [-0.2, 0) is 27.9 Å². The minimum absolute atomic E-state index is 0.0877. The first-order valence-corrected chi connectivity index (χ1v) is 30.2. The van der Waals surface area contributed by atoms with Crippen molar-refractivity contribution in [3.8, 4) is 0 Å². The fourth-order valence-electron chi connectivity index (χ4n) is 8.27. The van der Waals surface area contributed by atoms with E-state index in [2.05, 4.69) is 50.3 Å². The fraction of sp³-hybridized carbons (Fsp3) is 0.879. The summed E-state index contributed by atoms with van der Waals surface area (Å²) in [6, 6.07) is 0. The maximum Gasteiger partial charge on any atom is 0.472 e. The first-order chi connectivity index (χ1) is 32.6. The third-order valence-corrected chi connectivity index (χ3v) is 13.7. The number of carbonyl (C=O) groups is 1. The highest BCUT2D eigenvalue weighted by Gasteiger charge is 2.26. The van der Waals surface area contributed by atoms with Crippen molar-refractivity contribution in [3.05, 3.63) is 36.5 Å². The van der Waals surface area contributed by atoms with Crippen LogP contribution in [-0.4, -0.2) is 75.6 Å². The molecule has 8 nitrogen and oxygen atoms in total. The highest BCUT2D eigenvalue weighted by Crippen LogP contribution is 2.43. The number of allylic oxidation sites excluding steroid dienone is 6. The van der Waals surface area contributed by atoms with E-state index in [-0.39, 0.29) is 25.8 Å². The van der Waals surface area contributed by atoms with E-state index in [1.165, 1.54) is 199 Å². The third-order valence-electron chi connectivity index (χ3n) is 12.7. The summed E-state index contributed by atoms with van der Waals surface area (Å²) in [5.41, 5.74) is 0. The molecule has 9 heteroatoms. The van der Waals surface area contributed by atoms with Crippen LogP contribution >= 0.6 is 7.82 Å². The number of hydrogen-bond donors (Lipinski definition) is 1. The zero-order valence-corrected chi connectivity index (χ0v) is 46.0. The predicted octanol–water partition coefficient (Wildman–Crippen LogP) is 18.1. The number of quaternary nitrogens is 1. The Hall–Kier alpha value is -1.28. The number of likely N-dealkylation sites (N-methyl/N-ethyl adjacent to an activating group) is 1. The van der Waals surface area contributed by atoms with Crippen LogP contribution in [0.1, 0.15) is 271 Å². The maximum atomic E-state index is 12.8. The minimum Gasteiger partial charge on any atom is -0.457 e. The van der Waals surface area contributed by atoms with Gasteiger partial charge in [-0.25, -0.2) is 4.57 Å². The van der Waals surface area contributed by atoms with Crippen LogP contribution < -0.4 is 0 Å². The lowest BCUT2D eigenvalue weighted by Crippen LogP contribution is -2.37. The summed E-state index contributed by atoms with van der Waals surface area (Å²) in [6.45, 7) is 5.63. The van der Waals surface area contributed by atoms with E-state index >= 15 is 0 Å². The molecular formula is C58H113NO7P+. The zero-order valence-electron chi connectivity index (χ0n) is 45.2. The first-order valence-electron chi connectivity index (χ1n) is 28.7. The highest BCUT2D eigenvalue weighted by atomic mass is 31.2. The summed E-state index contributed by atoms with van der Waals surface area (Å²) in [4.78, 5) is 23.1. The van der Waals surface area contributed by atoms with Gasteiger partial charge in [0.1, 0.15) is 19.3 Å². The molecule has 0 aromatic heterocycles. The van der Waals surface area contributed by atoms with E-state index in [9.17, 15) is 14.3 Å². The van der Waals surface area contributed by atoms with Gasteiger partial charge in [-0.1, -0.05) is 249 Å². The topological polar surface area (TPSA) is 91.3 Å². The van der Waals surface area contributed by atoms with Crippen LogP contribution in [0, 0.1) is 0 Å². The summed E-state index contributed by atoms with van der Waals surface area (Å²) >= 11 is 0. The van der Waals surface area contributed by atoms with Crippen molar-refractivity contribution in [2.75, 3.05) is 54.1 Å². The van der Waals surface area contributed by atoms with Crippen LogP contribution in [0.2, 0.25) is 0 Å². The van der Waals surface area contributed by atoms with Crippen molar-refractivity contribution in [3.63, 3.8) is 0 Å². The monoisotopic (exact) mass is 967 g/mol. The lowest BCUT2D eigenvalue weighted by Gasteiger charge is -2.24. The Bertz CT molecular complexity index is 1170. The molecule has 0 aliphatic rings. The molecule has 2 unspecified atom stereocenters. The van der Waals surface area contributed by atoms with E-state index < -0.39 is 13.9 Å². The second kappa shape index (κ2) is 51.1. The fourth-order valence-corrected chi connectivity index (χ4v) is 9.01. The standard InChI is InChI=1S/C58H112NO7P/c1-6-8-10-12-14-16-18-20-22-24-26-28-29-30-31-32-33-35-37-39-41-43-45-47-49-51-58(60)66-57(56-65-67(61,62)64-54-52-59(3,4)5)55-63-53-50-48-46-44-42-40-38-36-34-27-25-23-21-19-17-15-13-11-9-7-2/h15,17,21,23,27,34,57H,6-14,16,18-20,22,24-26,28-33,35-56H2,1-5H3/p+1/b17-15-,23-21-,34-27-. The van der Waals surface area contributed by atoms with Gasteiger partial charge in [-0.2, -0.15) is 0 Å². The second-order valence-corrected chi connectivity index (χ2v) is 22.1. The van der Waals surface area contributed by atoms with Gasteiger partial charge in [0.2, 0.25) is 0 Å². The molecule has 0 aromatic carbocycles. The molecule has 0 fully saturated rings. The molecule has 0 radical (unpaired) electrons. The lowest BCUT2D eigenvalue weighted by molar-refractivity contribution is -0.870. The molecule has 2 atom stereocenters. The van der Waals surface area contributed by atoms with Crippen LogP contribution in [0.3, 0.4) is 0 Å². The summed E-state index contributed by atoms with van der Waals surface area (Å²) in [7, 11) is 1.67. The Morgan fingerprint density at radius 2 is 0.821 bits per heavy atom. The van der Waals surface area contributed by atoms with Gasteiger partial charge in [0.25, 0.3) is 0 Å². The SMILES string of the molecule is CCCCC/C=C\C/C=C\C/C=C\CCCCCCCCCOCC(COP(=O)(O)OCC[N+](C)(C)C)OC(=O)CCCCCCCCCCCCCCCCCCCCCCCCCCC. The number of phosphoric ester groups is 1. The van der Waals surface area contributed by atoms with E-state index in [1.54, 1.807) is 0 Å². The minimum atomic E-state index is -4.29. The Morgan fingerprint density at radius 1 is 0.463 bits per heavy atom. The van der Waals surface area contributed by atoms with E-state index in [4.69, 9.17) is 18.5 Å². The summed E-state index contributed by atoms with van der Waals surface area (Å²) in [5, 5.41) is 0. The number of unbranched alkanes of at least 4 members (excludes halogenated alkanes) is 34. The molecule has 0 saturated heterocycles. The molecule has 0 saturated carbocycles. The van der Waals surface area contributed by atoms with Gasteiger partial charge < -0.3 is 18.9 Å². The molecule has 0 bridgehead atoms. The van der Waals surface area contributed by atoms with E-state index in [0.29, 0.717) is 24.1 Å². The number of phosphoric acid groups is 1. The Balaban J connectivity index is 4.05. The molecule has 0 aliphatic carbocycles. The first kappa shape index (κ1) is 65.7. The molecular weight excluding hydrogens is 854 g/mol. The van der Waals surface area contributed by atoms with Gasteiger partial charge in [-0.05, 0) is 51.4 Å². The van der Waals surface area contributed by atoms with Crippen molar-refractivity contribution in [1.29, 1.82) is 0 Å². The second-order valence-electron chi connectivity index (χ2n) is 20.7. The third kappa shape index (κ3) is 55.5. The van der Waals surface area contributed by atoms with Crippen molar-refractivity contribution in [2.24, 2.45) is 0 Å². The van der Waals surface area contributed by atoms with Gasteiger partial charge in [-0.15, -0.1) is 0 Å². The van der Waals surface area contributed by atoms with Gasteiger partial charge >= 0.3 is 13.8 Å². The zero-order chi connectivity index (χ0) is 49.0. The summed E-state index contributed by atoms with van der Waals surface area (Å²) in [6.07, 6.45) is 63.5. The number of nitrogens with zero attached hydrogens (tertiary/aromatic N) is 1. The molecule has 67 heavy (non-hydrogen) atoms. The van der Waals surface area contributed by atoms with Crippen LogP contribution in [0.5, 0.6) is 0 Å². The molecule has 0 aliphatic heterocycles. The van der Waals surface area contributed by atoms with Crippen molar-refractivity contribution in [2.45, 2.75) is 277 Å². The Morgan fingerprint density at radius 3 is 1.25 bits per heavy atom. The summed E-state index contributed by atoms with van der Waals surface area (Å²) < 4.78 is 35.2. The van der Waals surface area contributed by atoms with E-state index in [0.717, 1.165) is 51.4 Å². The summed E-state index contributed by atoms with van der Waals surface area (Å²) in [5.74, 6) is -0.311. The van der Waals surface area contributed by atoms with Crippen LogP contribution in [0.25, 0.3) is 0 Å². The van der Waals surface area contributed by atoms with Crippen molar-refractivity contribution < 1.29 is 37.3 Å². The molecule has 1 N–H and O–H groups in total. The quantitative estimate of drug-likeness (QED) is 0.0213.